The summed E-state index contributed by atoms with van der Waals surface area (Å²) in [6.07, 6.45) is 0.786. The maximum absolute atomic E-state index is 12.5. The predicted octanol–water partition coefficient (Wildman–Crippen LogP) is 1.55. The second kappa shape index (κ2) is 5.68. The van der Waals surface area contributed by atoms with E-state index in [1.807, 2.05) is 20.8 Å². The maximum Gasteiger partial charge on any atom is 0.240 e. The van der Waals surface area contributed by atoms with Crippen LogP contribution in [0.5, 0.6) is 0 Å². The van der Waals surface area contributed by atoms with Crippen molar-refractivity contribution in [2.75, 3.05) is 7.11 Å². The van der Waals surface area contributed by atoms with Gasteiger partial charge in [0.1, 0.15) is 0 Å². The van der Waals surface area contributed by atoms with Crippen molar-refractivity contribution >= 4 is 10.0 Å². The van der Waals surface area contributed by atoms with Crippen LogP contribution in [0.2, 0.25) is 0 Å². The van der Waals surface area contributed by atoms with Crippen molar-refractivity contribution in [3.63, 3.8) is 0 Å². The summed E-state index contributed by atoms with van der Waals surface area (Å²) in [5.74, 6) is 0. The Hall–Kier alpha value is -0.950. The first-order valence-corrected chi connectivity index (χ1v) is 8.55. The zero-order chi connectivity index (χ0) is 15.8. The lowest BCUT2D eigenvalue weighted by Crippen LogP contribution is -2.61. The molecule has 0 amide bonds. The number of sulfonamides is 1. The van der Waals surface area contributed by atoms with Gasteiger partial charge in [-0.05, 0) is 36.6 Å². The van der Waals surface area contributed by atoms with Gasteiger partial charge in [-0.2, -0.15) is 0 Å². The molecule has 1 saturated carbocycles. The van der Waals surface area contributed by atoms with E-state index < -0.39 is 10.0 Å². The van der Waals surface area contributed by atoms with Gasteiger partial charge in [-0.1, -0.05) is 19.9 Å². The minimum Gasteiger partial charge on any atom is -0.381 e. The summed E-state index contributed by atoms with van der Waals surface area (Å²) >= 11 is 0. The summed E-state index contributed by atoms with van der Waals surface area (Å²) in [5, 5.41) is 0. The van der Waals surface area contributed by atoms with E-state index in [9.17, 15) is 8.42 Å². The first-order chi connectivity index (χ1) is 9.72. The van der Waals surface area contributed by atoms with E-state index in [1.54, 1.807) is 25.3 Å². The molecule has 21 heavy (non-hydrogen) atoms. The van der Waals surface area contributed by atoms with Crippen molar-refractivity contribution in [2.24, 2.45) is 11.1 Å². The van der Waals surface area contributed by atoms with Crippen LogP contribution in [-0.2, 0) is 21.3 Å². The van der Waals surface area contributed by atoms with Gasteiger partial charge in [-0.25, -0.2) is 13.1 Å². The Morgan fingerprint density at radius 1 is 1.43 bits per heavy atom. The molecule has 1 aliphatic rings. The first kappa shape index (κ1) is 16.4. The Bertz CT molecular complexity index is 626. The third-order valence-corrected chi connectivity index (χ3v) is 6.07. The molecule has 1 fully saturated rings. The molecule has 0 heterocycles. The summed E-state index contributed by atoms with van der Waals surface area (Å²) in [6.45, 7) is 6.31. The third kappa shape index (κ3) is 2.99. The molecule has 2 unspecified atom stereocenters. The van der Waals surface area contributed by atoms with E-state index in [-0.39, 0.29) is 22.5 Å². The van der Waals surface area contributed by atoms with Gasteiger partial charge in [-0.15, -0.1) is 0 Å². The molecule has 0 bridgehead atoms. The average molecular weight is 312 g/mol. The fourth-order valence-corrected chi connectivity index (χ4v) is 4.30. The number of nitrogens with one attached hydrogen (secondary N) is 1. The topological polar surface area (TPSA) is 81.4 Å². The number of benzene rings is 1. The van der Waals surface area contributed by atoms with Crippen LogP contribution in [0.3, 0.4) is 0 Å². The number of rotatable bonds is 5. The van der Waals surface area contributed by atoms with Crippen LogP contribution in [0.15, 0.2) is 23.1 Å². The summed E-state index contributed by atoms with van der Waals surface area (Å²) in [7, 11) is -1.86. The van der Waals surface area contributed by atoms with Crippen molar-refractivity contribution in [1.29, 1.82) is 0 Å². The Balaban J connectivity index is 2.18. The van der Waals surface area contributed by atoms with E-state index in [0.717, 1.165) is 11.1 Å². The van der Waals surface area contributed by atoms with Crippen LogP contribution in [0.4, 0.5) is 0 Å². The molecule has 1 aliphatic carbocycles. The van der Waals surface area contributed by atoms with E-state index in [1.165, 1.54) is 0 Å². The highest BCUT2D eigenvalue weighted by molar-refractivity contribution is 7.89. The molecule has 118 valence electrons. The molecule has 2 rings (SSSR count). The van der Waals surface area contributed by atoms with Gasteiger partial charge in [-0.3, -0.25) is 0 Å². The Morgan fingerprint density at radius 3 is 2.57 bits per heavy atom. The maximum atomic E-state index is 12.5. The molecule has 0 saturated heterocycles. The molecule has 0 aliphatic heterocycles. The Kier molecular flexibility index (Phi) is 4.44. The molecule has 1 aromatic rings. The average Bonchev–Trinajstić information content (AvgIpc) is 2.42. The number of ether oxygens (including phenoxy) is 1. The lowest BCUT2D eigenvalue weighted by atomic mass is 9.65. The highest BCUT2D eigenvalue weighted by Crippen LogP contribution is 2.43. The number of hydrogen-bond acceptors (Lipinski definition) is 4. The third-order valence-electron chi connectivity index (χ3n) is 4.60. The molecule has 1 aromatic carbocycles. The van der Waals surface area contributed by atoms with Crippen LogP contribution in [-0.4, -0.2) is 27.7 Å². The van der Waals surface area contributed by atoms with Crippen molar-refractivity contribution in [1.82, 2.24) is 4.72 Å². The zero-order valence-electron chi connectivity index (χ0n) is 13.0. The van der Waals surface area contributed by atoms with E-state index in [4.69, 9.17) is 10.5 Å². The van der Waals surface area contributed by atoms with Crippen LogP contribution in [0.25, 0.3) is 0 Å². The van der Waals surface area contributed by atoms with Gasteiger partial charge < -0.3 is 10.5 Å². The number of methoxy groups -OCH3 is 1. The Morgan fingerprint density at radius 2 is 2.10 bits per heavy atom. The molecule has 0 aromatic heterocycles. The van der Waals surface area contributed by atoms with Crippen molar-refractivity contribution in [2.45, 2.75) is 50.8 Å². The highest BCUT2D eigenvalue weighted by atomic mass is 32.2. The number of aryl methyl sites for hydroxylation is 1. The fraction of sp³-hybridized carbons (Fsp3) is 0.600. The minimum atomic E-state index is -3.52. The van der Waals surface area contributed by atoms with Crippen molar-refractivity contribution in [3.8, 4) is 0 Å². The quantitative estimate of drug-likeness (QED) is 0.864. The van der Waals surface area contributed by atoms with Crippen LogP contribution < -0.4 is 10.5 Å². The second-order valence-corrected chi connectivity index (χ2v) is 7.96. The molecular weight excluding hydrogens is 288 g/mol. The van der Waals surface area contributed by atoms with E-state index in [0.29, 0.717) is 13.0 Å². The van der Waals surface area contributed by atoms with Crippen LogP contribution in [0, 0.1) is 12.3 Å². The minimum absolute atomic E-state index is 0.0894. The first-order valence-electron chi connectivity index (χ1n) is 7.07. The van der Waals surface area contributed by atoms with Gasteiger partial charge in [0.15, 0.2) is 0 Å². The molecule has 0 radical (unpaired) electrons. The second-order valence-electron chi connectivity index (χ2n) is 6.25. The molecule has 6 heteroatoms. The summed E-state index contributed by atoms with van der Waals surface area (Å²) in [4.78, 5) is 0.286. The monoisotopic (exact) mass is 312 g/mol. The summed E-state index contributed by atoms with van der Waals surface area (Å²) in [6, 6.07) is 4.94. The van der Waals surface area contributed by atoms with Crippen LogP contribution in [0.1, 0.15) is 31.4 Å². The van der Waals surface area contributed by atoms with Gasteiger partial charge in [0.25, 0.3) is 0 Å². The standard InChI is InChI=1S/C15H24N2O3S/c1-10-7-12(6-5-11(10)9-16)21(18,19)17-13-8-14(20-4)15(13,2)3/h5-7,13-14,17H,8-9,16H2,1-4H3. The largest absolute Gasteiger partial charge is 0.381 e. The molecule has 3 N–H and O–H groups in total. The number of hydrogen-bond donors (Lipinski definition) is 2. The molecule has 5 nitrogen and oxygen atoms in total. The van der Waals surface area contributed by atoms with Crippen molar-refractivity contribution < 1.29 is 13.2 Å². The predicted molar refractivity (Wildman–Crippen MR) is 82.4 cm³/mol. The smallest absolute Gasteiger partial charge is 0.240 e. The molecular formula is C15H24N2O3S. The van der Waals surface area contributed by atoms with Gasteiger partial charge in [0.05, 0.1) is 11.0 Å². The molecule has 2 atom stereocenters. The highest BCUT2D eigenvalue weighted by Gasteiger charge is 2.50. The number of nitrogens with two attached hydrogens (primary N) is 1. The van der Waals surface area contributed by atoms with Gasteiger partial charge in [0, 0.05) is 25.1 Å². The Labute approximate surface area is 126 Å². The van der Waals surface area contributed by atoms with Gasteiger partial charge in [0.2, 0.25) is 10.0 Å². The lowest BCUT2D eigenvalue weighted by molar-refractivity contribution is -0.0908. The lowest BCUT2D eigenvalue weighted by Gasteiger charge is -2.50. The van der Waals surface area contributed by atoms with E-state index in [2.05, 4.69) is 4.72 Å². The zero-order valence-corrected chi connectivity index (χ0v) is 13.8. The normalized spacial score (nSPS) is 24.6. The fourth-order valence-electron chi connectivity index (χ4n) is 2.81. The molecule has 0 spiro atoms. The SMILES string of the molecule is COC1CC(NS(=O)(=O)c2ccc(CN)c(C)c2)C1(C)C. The van der Waals surface area contributed by atoms with Crippen LogP contribution >= 0.6 is 0 Å². The van der Waals surface area contributed by atoms with Gasteiger partial charge >= 0.3 is 0 Å². The summed E-state index contributed by atoms with van der Waals surface area (Å²) in [5.41, 5.74) is 7.26. The van der Waals surface area contributed by atoms with Crippen molar-refractivity contribution in [3.05, 3.63) is 29.3 Å². The van der Waals surface area contributed by atoms with E-state index >= 15 is 0 Å². The summed E-state index contributed by atoms with van der Waals surface area (Å²) < 4.78 is 33.1.